The Balaban J connectivity index is 1.79. The number of aryl methyl sites for hydroxylation is 1. The van der Waals surface area contributed by atoms with Gasteiger partial charge in [0.25, 0.3) is 0 Å². The molecular formula is C12H15F3N2OS. The van der Waals surface area contributed by atoms with Crippen molar-refractivity contribution in [2.24, 2.45) is 0 Å². The van der Waals surface area contributed by atoms with Crippen LogP contribution in [0.3, 0.4) is 0 Å². The molecule has 0 saturated carbocycles. The van der Waals surface area contributed by atoms with Gasteiger partial charge in [-0.25, -0.2) is 0 Å². The second-order valence-electron chi connectivity index (χ2n) is 4.52. The Morgan fingerprint density at radius 3 is 3.00 bits per heavy atom. The quantitative estimate of drug-likeness (QED) is 0.894. The fraction of sp³-hybridized carbons (Fsp3) is 0.583. The maximum absolute atomic E-state index is 11.9. The Labute approximate surface area is 113 Å². The Bertz CT molecular complexity index is 444. The smallest absolute Gasteiger partial charge is 0.346 e. The first-order valence-corrected chi connectivity index (χ1v) is 6.97. The predicted octanol–water partition coefficient (Wildman–Crippen LogP) is 2.39. The van der Waals surface area contributed by atoms with E-state index in [1.807, 2.05) is 16.8 Å². The Kier molecular flexibility index (Phi) is 4.46. The van der Waals surface area contributed by atoms with Crippen molar-refractivity contribution in [2.75, 3.05) is 13.1 Å². The molecule has 1 atom stereocenters. The summed E-state index contributed by atoms with van der Waals surface area (Å²) in [5, 5.41) is 6.89. The first-order valence-electron chi connectivity index (χ1n) is 6.09. The van der Waals surface area contributed by atoms with Crippen molar-refractivity contribution in [1.29, 1.82) is 0 Å². The minimum absolute atomic E-state index is 0.0756. The van der Waals surface area contributed by atoms with Gasteiger partial charge >= 0.3 is 6.18 Å². The van der Waals surface area contributed by atoms with E-state index in [0.29, 0.717) is 0 Å². The number of hydrogen-bond donors (Lipinski definition) is 2. The third-order valence-corrected chi connectivity index (χ3v) is 4.04. The summed E-state index contributed by atoms with van der Waals surface area (Å²) in [6.07, 6.45) is -1.36. The van der Waals surface area contributed by atoms with Crippen molar-refractivity contribution in [3.05, 3.63) is 21.9 Å². The van der Waals surface area contributed by atoms with E-state index in [9.17, 15) is 18.0 Å². The highest BCUT2D eigenvalue weighted by molar-refractivity contribution is 7.10. The average Bonchev–Trinajstić information content (AvgIpc) is 2.81. The Morgan fingerprint density at radius 1 is 1.47 bits per heavy atom. The zero-order valence-electron chi connectivity index (χ0n) is 10.2. The lowest BCUT2D eigenvalue weighted by Crippen LogP contribution is -2.40. The second-order valence-corrected chi connectivity index (χ2v) is 5.52. The van der Waals surface area contributed by atoms with Crippen LogP contribution in [0.4, 0.5) is 13.2 Å². The lowest BCUT2D eigenvalue weighted by Gasteiger charge is -2.23. The molecule has 106 valence electrons. The van der Waals surface area contributed by atoms with E-state index in [-0.39, 0.29) is 12.6 Å². The van der Waals surface area contributed by atoms with E-state index in [0.717, 1.165) is 19.3 Å². The summed E-state index contributed by atoms with van der Waals surface area (Å²) >= 11 is 1.69. The van der Waals surface area contributed by atoms with Gasteiger partial charge in [-0.1, -0.05) is 0 Å². The number of carbonyl (C=O) groups excluding carboxylic acids is 1. The monoisotopic (exact) mass is 292 g/mol. The Hall–Kier alpha value is -1.08. The normalized spacial score (nSPS) is 19.0. The SMILES string of the molecule is O=C(CNC1CCCc2sccc21)NCC(F)(F)F. The van der Waals surface area contributed by atoms with E-state index in [2.05, 4.69) is 5.32 Å². The van der Waals surface area contributed by atoms with Gasteiger partial charge in [0.15, 0.2) is 0 Å². The van der Waals surface area contributed by atoms with Crippen LogP contribution in [-0.4, -0.2) is 25.2 Å². The first-order chi connectivity index (χ1) is 8.96. The lowest BCUT2D eigenvalue weighted by molar-refractivity contribution is -0.137. The molecule has 7 heteroatoms. The number of rotatable bonds is 4. The molecule has 0 aliphatic heterocycles. The summed E-state index contributed by atoms with van der Waals surface area (Å²) in [6, 6.07) is 2.09. The van der Waals surface area contributed by atoms with Crippen molar-refractivity contribution in [3.63, 3.8) is 0 Å². The van der Waals surface area contributed by atoms with Gasteiger partial charge in [-0.3, -0.25) is 4.79 Å². The lowest BCUT2D eigenvalue weighted by atomic mass is 9.94. The zero-order chi connectivity index (χ0) is 13.9. The van der Waals surface area contributed by atoms with E-state index in [1.165, 1.54) is 10.4 Å². The fourth-order valence-corrected chi connectivity index (χ4v) is 3.16. The minimum atomic E-state index is -4.36. The first kappa shape index (κ1) is 14.3. The molecule has 3 nitrogen and oxygen atoms in total. The van der Waals surface area contributed by atoms with E-state index >= 15 is 0 Å². The summed E-state index contributed by atoms with van der Waals surface area (Å²) in [7, 11) is 0. The standard InChI is InChI=1S/C12H15F3N2OS/c13-12(14,15)7-17-11(18)6-16-9-2-1-3-10-8(9)4-5-19-10/h4-5,9,16H,1-3,6-7H2,(H,17,18). The highest BCUT2D eigenvalue weighted by Crippen LogP contribution is 2.32. The van der Waals surface area contributed by atoms with Gasteiger partial charge in [-0.05, 0) is 36.3 Å². The molecule has 1 aliphatic rings. The highest BCUT2D eigenvalue weighted by atomic mass is 32.1. The molecule has 2 N–H and O–H groups in total. The highest BCUT2D eigenvalue weighted by Gasteiger charge is 2.28. The molecule has 0 radical (unpaired) electrons. The zero-order valence-corrected chi connectivity index (χ0v) is 11.0. The van der Waals surface area contributed by atoms with Gasteiger partial charge in [0.2, 0.25) is 5.91 Å². The molecule has 1 aromatic rings. The molecule has 0 spiro atoms. The minimum Gasteiger partial charge on any atom is -0.346 e. The van der Waals surface area contributed by atoms with Crippen LogP contribution < -0.4 is 10.6 Å². The third-order valence-electron chi connectivity index (χ3n) is 3.05. The maximum atomic E-state index is 11.9. The fourth-order valence-electron chi connectivity index (χ4n) is 2.18. The van der Waals surface area contributed by atoms with Gasteiger partial charge in [0, 0.05) is 10.9 Å². The van der Waals surface area contributed by atoms with Crippen LogP contribution in [-0.2, 0) is 11.2 Å². The summed E-state index contributed by atoms with van der Waals surface area (Å²) < 4.78 is 35.8. The van der Waals surface area contributed by atoms with Crippen LogP contribution in [0.2, 0.25) is 0 Å². The van der Waals surface area contributed by atoms with Gasteiger partial charge in [-0.15, -0.1) is 11.3 Å². The summed E-state index contributed by atoms with van der Waals surface area (Å²) in [4.78, 5) is 12.6. The number of carbonyl (C=O) groups is 1. The summed E-state index contributed by atoms with van der Waals surface area (Å²) in [6.45, 7) is -1.36. The molecule has 19 heavy (non-hydrogen) atoms. The van der Waals surface area contributed by atoms with Crippen LogP contribution in [0.15, 0.2) is 11.4 Å². The van der Waals surface area contributed by atoms with E-state index in [4.69, 9.17) is 0 Å². The molecule has 1 heterocycles. The molecule has 1 amide bonds. The van der Waals surface area contributed by atoms with Crippen molar-refractivity contribution < 1.29 is 18.0 Å². The number of thiophene rings is 1. The van der Waals surface area contributed by atoms with Crippen LogP contribution in [0, 0.1) is 0 Å². The number of halogens is 3. The van der Waals surface area contributed by atoms with Crippen molar-refractivity contribution in [1.82, 2.24) is 10.6 Å². The largest absolute Gasteiger partial charge is 0.405 e. The van der Waals surface area contributed by atoms with E-state index in [1.54, 1.807) is 11.3 Å². The molecule has 1 unspecified atom stereocenters. The van der Waals surface area contributed by atoms with Crippen molar-refractivity contribution >= 4 is 17.2 Å². The predicted molar refractivity (Wildman–Crippen MR) is 67.1 cm³/mol. The summed E-state index contributed by atoms with van der Waals surface area (Å²) in [5.74, 6) is -0.625. The van der Waals surface area contributed by atoms with Crippen LogP contribution in [0.25, 0.3) is 0 Å². The number of fused-ring (bicyclic) bond motifs is 1. The van der Waals surface area contributed by atoms with Crippen molar-refractivity contribution in [3.8, 4) is 0 Å². The van der Waals surface area contributed by atoms with Crippen LogP contribution in [0.5, 0.6) is 0 Å². The number of hydrogen-bond acceptors (Lipinski definition) is 3. The van der Waals surface area contributed by atoms with Crippen LogP contribution >= 0.6 is 11.3 Å². The maximum Gasteiger partial charge on any atom is 0.405 e. The van der Waals surface area contributed by atoms with Gasteiger partial charge in [0.05, 0.1) is 6.54 Å². The molecule has 0 saturated heterocycles. The molecular weight excluding hydrogens is 277 g/mol. The number of amides is 1. The molecule has 1 aliphatic carbocycles. The molecule has 0 aromatic carbocycles. The molecule has 2 rings (SSSR count). The van der Waals surface area contributed by atoms with E-state index < -0.39 is 18.6 Å². The number of nitrogens with one attached hydrogen (secondary N) is 2. The average molecular weight is 292 g/mol. The second kappa shape index (κ2) is 5.92. The van der Waals surface area contributed by atoms with Gasteiger partial charge in [-0.2, -0.15) is 13.2 Å². The topological polar surface area (TPSA) is 41.1 Å². The van der Waals surface area contributed by atoms with Crippen LogP contribution in [0.1, 0.15) is 29.3 Å². The molecule has 1 aromatic heterocycles. The van der Waals surface area contributed by atoms with Crippen molar-refractivity contribution in [2.45, 2.75) is 31.5 Å². The molecule has 0 bridgehead atoms. The summed E-state index contributed by atoms with van der Waals surface area (Å²) in [5.41, 5.74) is 1.18. The Morgan fingerprint density at radius 2 is 2.26 bits per heavy atom. The van der Waals surface area contributed by atoms with Gasteiger partial charge < -0.3 is 10.6 Å². The van der Waals surface area contributed by atoms with Gasteiger partial charge in [0.1, 0.15) is 6.54 Å². The third kappa shape index (κ3) is 4.21. The molecule has 0 fully saturated rings. The number of alkyl halides is 3.